The molecule has 0 aromatic rings. The lowest BCUT2D eigenvalue weighted by Crippen LogP contribution is -2.50. The number of carbonyl (C=O) groups is 4. The van der Waals surface area contributed by atoms with E-state index in [-0.39, 0.29) is 30.4 Å². The van der Waals surface area contributed by atoms with Crippen molar-refractivity contribution in [3.8, 4) is 0 Å². The molecule has 0 unspecified atom stereocenters. The van der Waals surface area contributed by atoms with Crippen molar-refractivity contribution in [1.82, 2.24) is 15.5 Å². The van der Waals surface area contributed by atoms with Gasteiger partial charge in [-0.15, -0.1) is 0 Å². The molecule has 8 nitrogen and oxygen atoms in total. The van der Waals surface area contributed by atoms with Crippen molar-refractivity contribution in [2.75, 3.05) is 13.7 Å². The quantitative estimate of drug-likeness (QED) is 0.554. The van der Waals surface area contributed by atoms with Gasteiger partial charge in [-0.1, -0.05) is 19.8 Å². The number of nitrogens with zero attached hydrogens (tertiary/aromatic N) is 1. The molecule has 2 atom stereocenters. The molecule has 2 saturated carbocycles. The maximum atomic E-state index is 12.9. The zero-order chi connectivity index (χ0) is 19.6. The van der Waals surface area contributed by atoms with Crippen LogP contribution in [0.1, 0.15) is 58.3 Å². The van der Waals surface area contributed by atoms with Crippen LogP contribution in [-0.4, -0.2) is 54.0 Å². The maximum absolute atomic E-state index is 12.9. The lowest BCUT2D eigenvalue weighted by Gasteiger charge is -2.34. The van der Waals surface area contributed by atoms with Crippen molar-refractivity contribution in [3.63, 3.8) is 0 Å². The molecule has 2 aliphatic carbocycles. The highest BCUT2D eigenvalue weighted by Gasteiger charge is 2.52. The maximum Gasteiger partial charge on any atom is 0.325 e. The van der Waals surface area contributed by atoms with Crippen LogP contribution in [0.4, 0.5) is 4.79 Å². The molecule has 0 aromatic carbocycles. The van der Waals surface area contributed by atoms with Gasteiger partial charge in [0.1, 0.15) is 12.1 Å². The molecule has 8 heteroatoms. The molecule has 3 aliphatic rings. The van der Waals surface area contributed by atoms with Gasteiger partial charge >= 0.3 is 12.0 Å². The molecular formula is C19H29N3O5. The second kappa shape index (κ2) is 7.86. The molecule has 1 saturated heterocycles. The van der Waals surface area contributed by atoms with Gasteiger partial charge < -0.3 is 15.4 Å². The molecule has 3 fully saturated rings. The number of rotatable bonds is 5. The summed E-state index contributed by atoms with van der Waals surface area (Å²) in [7, 11) is 1.33. The summed E-state index contributed by atoms with van der Waals surface area (Å²) in [5.74, 6) is -0.820. The van der Waals surface area contributed by atoms with E-state index in [9.17, 15) is 19.2 Å². The fourth-order valence-corrected chi connectivity index (χ4v) is 4.70. The Morgan fingerprint density at radius 3 is 2.56 bits per heavy atom. The smallest absolute Gasteiger partial charge is 0.325 e. The number of nitrogens with one attached hydrogen (secondary N) is 2. The molecule has 27 heavy (non-hydrogen) atoms. The van der Waals surface area contributed by atoms with E-state index in [1.807, 2.05) is 0 Å². The van der Waals surface area contributed by atoms with E-state index in [1.165, 1.54) is 7.11 Å². The number of amides is 4. The zero-order valence-corrected chi connectivity index (χ0v) is 16.1. The number of urea groups is 1. The summed E-state index contributed by atoms with van der Waals surface area (Å²) in [5, 5.41) is 5.64. The number of hydrogen-bond acceptors (Lipinski definition) is 5. The summed E-state index contributed by atoms with van der Waals surface area (Å²) in [6.45, 7) is 1.83. The van der Waals surface area contributed by atoms with E-state index in [2.05, 4.69) is 17.6 Å². The van der Waals surface area contributed by atoms with E-state index in [0.29, 0.717) is 31.6 Å². The van der Waals surface area contributed by atoms with E-state index < -0.39 is 17.5 Å². The minimum Gasteiger partial charge on any atom is -0.469 e. The van der Waals surface area contributed by atoms with Crippen molar-refractivity contribution in [1.29, 1.82) is 0 Å². The minimum absolute atomic E-state index is 0.298. The van der Waals surface area contributed by atoms with Gasteiger partial charge in [-0.25, -0.2) is 4.79 Å². The normalized spacial score (nSPS) is 33.3. The van der Waals surface area contributed by atoms with Gasteiger partial charge in [0.2, 0.25) is 5.91 Å². The van der Waals surface area contributed by atoms with Gasteiger partial charge in [0.05, 0.1) is 13.0 Å². The van der Waals surface area contributed by atoms with Crippen molar-refractivity contribution < 1.29 is 23.9 Å². The molecule has 4 amide bonds. The van der Waals surface area contributed by atoms with Gasteiger partial charge in [-0.05, 0) is 44.4 Å². The second-order valence-corrected chi connectivity index (χ2v) is 7.99. The van der Waals surface area contributed by atoms with Crippen LogP contribution in [0.2, 0.25) is 0 Å². The van der Waals surface area contributed by atoms with E-state index in [0.717, 1.165) is 30.6 Å². The van der Waals surface area contributed by atoms with Gasteiger partial charge in [0, 0.05) is 6.04 Å². The van der Waals surface area contributed by atoms with Crippen molar-refractivity contribution in [3.05, 3.63) is 0 Å². The lowest BCUT2D eigenvalue weighted by atomic mass is 9.75. The highest BCUT2D eigenvalue weighted by atomic mass is 16.5. The third kappa shape index (κ3) is 3.80. The highest BCUT2D eigenvalue weighted by Crippen LogP contribution is 2.37. The molecule has 3 rings (SSSR count). The van der Waals surface area contributed by atoms with Gasteiger partial charge in [-0.3, -0.25) is 19.3 Å². The Hall–Kier alpha value is -2.12. The first-order valence-electron chi connectivity index (χ1n) is 9.91. The Bertz CT molecular complexity index is 627. The van der Waals surface area contributed by atoms with Crippen LogP contribution in [0.25, 0.3) is 0 Å². The summed E-state index contributed by atoms with van der Waals surface area (Å²) < 4.78 is 4.79. The monoisotopic (exact) mass is 379 g/mol. The standard InChI is InChI=1S/C19H29N3O5/c1-3-12-7-9-19(10-8-12)17(25)22(18(26)21-19)11-15(23)20-14-6-4-5-13(14)16(24)27-2/h12-14H,3-11H2,1-2H3,(H,20,23)(H,21,26)/t12?,13-,14-,19?/m0/s1. The Labute approximate surface area is 159 Å². The molecule has 1 spiro atoms. The lowest BCUT2D eigenvalue weighted by molar-refractivity contribution is -0.146. The van der Waals surface area contributed by atoms with Crippen LogP contribution < -0.4 is 10.6 Å². The number of carbonyl (C=O) groups excluding carboxylic acids is 4. The molecule has 0 radical (unpaired) electrons. The molecule has 2 N–H and O–H groups in total. The number of imide groups is 1. The Morgan fingerprint density at radius 2 is 1.93 bits per heavy atom. The third-order valence-electron chi connectivity index (χ3n) is 6.45. The molecule has 150 valence electrons. The molecule has 1 aliphatic heterocycles. The van der Waals surface area contributed by atoms with Crippen LogP contribution in [0.15, 0.2) is 0 Å². The summed E-state index contributed by atoms with van der Waals surface area (Å²) in [5.41, 5.74) is -0.842. The Kier molecular flexibility index (Phi) is 5.72. The average Bonchev–Trinajstić information content (AvgIpc) is 3.20. The van der Waals surface area contributed by atoms with Gasteiger partial charge in [0.25, 0.3) is 5.91 Å². The van der Waals surface area contributed by atoms with E-state index >= 15 is 0 Å². The van der Waals surface area contributed by atoms with Crippen LogP contribution in [-0.2, 0) is 19.1 Å². The Balaban J connectivity index is 1.59. The van der Waals surface area contributed by atoms with E-state index in [4.69, 9.17) is 4.74 Å². The predicted molar refractivity (Wildman–Crippen MR) is 96.5 cm³/mol. The SMILES string of the molecule is CCC1CCC2(CC1)NC(=O)N(CC(=O)N[C@H]1CCC[C@@H]1C(=O)OC)C2=O. The first kappa shape index (κ1) is 19.6. The number of ether oxygens (including phenoxy) is 1. The molecular weight excluding hydrogens is 350 g/mol. The van der Waals surface area contributed by atoms with Crippen LogP contribution in [0.5, 0.6) is 0 Å². The topological polar surface area (TPSA) is 105 Å². The zero-order valence-electron chi connectivity index (χ0n) is 16.1. The fourth-order valence-electron chi connectivity index (χ4n) is 4.70. The molecule has 1 heterocycles. The first-order valence-corrected chi connectivity index (χ1v) is 9.91. The summed E-state index contributed by atoms with van der Waals surface area (Å²) in [6, 6.07) is -0.805. The van der Waals surface area contributed by atoms with Crippen LogP contribution in [0.3, 0.4) is 0 Å². The fraction of sp³-hybridized carbons (Fsp3) is 0.789. The molecule has 0 bridgehead atoms. The highest BCUT2D eigenvalue weighted by molar-refractivity contribution is 6.09. The van der Waals surface area contributed by atoms with Crippen molar-refractivity contribution >= 4 is 23.8 Å². The predicted octanol–water partition coefficient (Wildman–Crippen LogP) is 1.34. The van der Waals surface area contributed by atoms with Gasteiger partial charge in [0.15, 0.2) is 0 Å². The third-order valence-corrected chi connectivity index (χ3v) is 6.45. The van der Waals surface area contributed by atoms with Crippen molar-refractivity contribution in [2.45, 2.75) is 69.9 Å². The average molecular weight is 379 g/mol. The van der Waals surface area contributed by atoms with Crippen LogP contribution in [0, 0.1) is 11.8 Å². The number of methoxy groups -OCH3 is 1. The van der Waals surface area contributed by atoms with Crippen molar-refractivity contribution in [2.24, 2.45) is 11.8 Å². The number of esters is 1. The number of hydrogen-bond donors (Lipinski definition) is 2. The molecule has 0 aromatic heterocycles. The summed E-state index contributed by atoms with van der Waals surface area (Å²) in [4.78, 5) is 50.5. The summed E-state index contributed by atoms with van der Waals surface area (Å²) in [6.07, 6.45) is 6.33. The first-order chi connectivity index (χ1) is 12.9. The van der Waals surface area contributed by atoms with Crippen LogP contribution >= 0.6 is 0 Å². The minimum atomic E-state index is -0.842. The Morgan fingerprint density at radius 1 is 1.22 bits per heavy atom. The second-order valence-electron chi connectivity index (χ2n) is 7.99. The largest absolute Gasteiger partial charge is 0.469 e. The van der Waals surface area contributed by atoms with E-state index in [1.54, 1.807) is 0 Å². The van der Waals surface area contributed by atoms with Gasteiger partial charge in [-0.2, -0.15) is 0 Å². The summed E-state index contributed by atoms with van der Waals surface area (Å²) >= 11 is 0.